The van der Waals surface area contributed by atoms with Crippen LogP contribution in [0, 0.1) is 12.8 Å². The van der Waals surface area contributed by atoms with Crippen molar-refractivity contribution < 1.29 is 0 Å². The van der Waals surface area contributed by atoms with E-state index in [1.807, 2.05) is 6.07 Å². The van der Waals surface area contributed by atoms with Gasteiger partial charge in [0.25, 0.3) is 0 Å². The van der Waals surface area contributed by atoms with Crippen molar-refractivity contribution >= 4 is 21.6 Å². The first kappa shape index (κ1) is 14.3. The number of piperidine rings is 1. The van der Waals surface area contributed by atoms with Gasteiger partial charge in [0.1, 0.15) is 4.60 Å². The van der Waals surface area contributed by atoms with Gasteiger partial charge in [-0.15, -0.1) is 0 Å². The number of aryl methyl sites for hydroxylation is 1. The number of nitrogens with one attached hydrogen (secondary N) is 2. The summed E-state index contributed by atoms with van der Waals surface area (Å²) in [5.74, 6) is 0.776. The average Bonchev–Trinajstić information content (AvgIpc) is 2.91. The van der Waals surface area contributed by atoms with Crippen LogP contribution >= 0.6 is 15.9 Å². The van der Waals surface area contributed by atoms with Crippen LogP contribution in [0.4, 0.5) is 5.69 Å². The number of hydrogen-bond acceptors (Lipinski definition) is 3. The highest BCUT2D eigenvalue weighted by Gasteiger charge is 2.34. The first-order chi connectivity index (χ1) is 9.74. The molecule has 2 fully saturated rings. The van der Waals surface area contributed by atoms with Crippen molar-refractivity contribution in [1.82, 2.24) is 10.3 Å². The number of aromatic nitrogens is 1. The van der Waals surface area contributed by atoms with Crippen LogP contribution in [0.5, 0.6) is 0 Å². The maximum atomic E-state index is 4.49. The second kappa shape index (κ2) is 6.44. The van der Waals surface area contributed by atoms with E-state index in [1.165, 1.54) is 50.8 Å². The maximum Gasteiger partial charge on any atom is 0.106 e. The molecule has 3 atom stereocenters. The number of halogens is 1. The molecule has 2 heterocycles. The van der Waals surface area contributed by atoms with E-state index < -0.39 is 0 Å². The minimum absolute atomic E-state index is 0.604. The molecule has 110 valence electrons. The van der Waals surface area contributed by atoms with Gasteiger partial charge in [-0.2, -0.15) is 0 Å². The zero-order valence-corrected chi connectivity index (χ0v) is 13.7. The molecule has 0 spiro atoms. The molecule has 0 radical (unpaired) electrons. The third-order valence-corrected chi connectivity index (χ3v) is 5.27. The number of nitrogens with zero attached hydrogens (tertiary/aromatic N) is 1. The van der Waals surface area contributed by atoms with E-state index in [0.717, 1.165) is 16.2 Å². The van der Waals surface area contributed by atoms with E-state index in [4.69, 9.17) is 0 Å². The lowest BCUT2D eigenvalue weighted by Gasteiger charge is -2.33. The largest absolute Gasteiger partial charge is 0.381 e. The lowest BCUT2D eigenvalue weighted by Crippen LogP contribution is -2.44. The zero-order chi connectivity index (χ0) is 13.9. The summed E-state index contributed by atoms with van der Waals surface area (Å²) < 4.78 is 0.914. The lowest BCUT2D eigenvalue weighted by molar-refractivity contribution is 0.286. The first-order valence-corrected chi connectivity index (χ1v) is 8.66. The molecular weight excluding hydrogens is 314 g/mol. The Hall–Kier alpha value is -0.610. The van der Waals surface area contributed by atoms with E-state index >= 15 is 0 Å². The molecule has 1 saturated heterocycles. The monoisotopic (exact) mass is 337 g/mol. The molecule has 1 aliphatic carbocycles. The van der Waals surface area contributed by atoms with Crippen molar-refractivity contribution in [3.8, 4) is 0 Å². The number of rotatable bonds is 3. The molecule has 3 nitrogen and oxygen atoms in total. The van der Waals surface area contributed by atoms with Crippen LogP contribution in [0.1, 0.15) is 44.2 Å². The lowest BCUT2D eigenvalue weighted by atomic mass is 9.88. The molecule has 0 aromatic carbocycles. The van der Waals surface area contributed by atoms with Gasteiger partial charge in [0.05, 0.1) is 11.4 Å². The van der Waals surface area contributed by atoms with Crippen molar-refractivity contribution in [2.75, 3.05) is 11.9 Å². The van der Waals surface area contributed by atoms with Gasteiger partial charge in [-0.3, -0.25) is 0 Å². The summed E-state index contributed by atoms with van der Waals surface area (Å²) in [5, 5.41) is 7.50. The highest BCUT2D eigenvalue weighted by molar-refractivity contribution is 9.10. The van der Waals surface area contributed by atoms with Crippen molar-refractivity contribution in [3.63, 3.8) is 0 Å². The Morgan fingerprint density at radius 1 is 1.20 bits per heavy atom. The quantitative estimate of drug-likeness (QED) is 0.822. The van der Waals surface area contributed by atoms with Gasteiger partial charge >= 0.3 is 0 Å². The van der Waals surface area contributed by atoms with Crippen molar-refractivity contribution in [3.05, 3.63) is 22.4 Å². The van der Waals surface area contributed by atoms with Gasteiger partial charge < -0.3 is 10.6 Å². The minimum Gasteiger partial charge on any atom is -0.381 e. The van der Waals surface area contributed by atoms with Crippen LogP contribution in [-0.2, 0) is 0 Å². The average molecular weight is 338 g/mol. The number of pyridine rings is 1. The third kappa shape index (κ3) is 3.17. The smallest absolute Gasteiger partial charge is 0.106 e. The predicted molar refractivity (Wildman–Crippen MR) is 87.1 cm³/mol. The van der Waals surface area contributed by atoms with Gasteiger partial charge in [-0.25, -0.2) is 4.98 Å². The summed E-state index contributed by atoms with van der Waals surface area (Å²) in [6.45, 7) is 3.28. The fourth-order valence-corrected chi connectivity index (χ4v) is 4.17. The van der Waals surface area contributed by atoms with Crippen LogP contribution in [0.2, 0.25) is 0 Å². The van der Waals surface area contributed by atoms with Crippen molar-refractivity contribution in [2.45, 2.75) is 57.5 Å². The van der Waals surface area contributed by atoms with E-state index in [0.29, 0.717) is 12.1 Å². The fraction of sp³-hybridized carbons (Fsp3) is 0.688. The Kier molecular flexibility index (Phi) is 4.61. The molecule has 3 unspecified atom stereocenters. The Morgan fingerprint density at radius 3 is 2.85 bits per heavy atom. The predicted octanol–water partition coefficient (Wildman–Crippen LogP) is 3.88. The molecule has 1 aromatic rings. The zero-order valence-electron chi connectivity index (χ0n) is 12.2. The molecule has 2 N–H and O–H groups in total. The van der Waals surface area contributed by atoms with Crippen LogP contribution in [-0.4, -0.2) is 23.6 Å². The first-order valence-electron chi connectivity index (χ1n) is 7.87. The van der Waals surface area contributed by atoms with E-state index in [1.54, 1.807) is 0 Å². The Morgan fingerprint density at radius 2 is 2.10 bits per heavy atom. The standard InChI is InChI=1S/C16H24BrN3/c1-11-13(8-9-16(17)19-11)20-15-7-4-5-12(15)14-6-2-3-10-18-14/h8-9,12,14-15,18,20H,2-7,10H2,1H3. The van der Waals surface area contributed by atoms with Crippen LogP contribution in [0.3, 0.4) is 0 Å². The molecule has 1 aliphatic heterocycles. The fourth-order valence-electron chi connectivity index (χ4n) is 3.78. The number of anilines is 1. The molecule has 2 aliphatic rings. The second-order valence-corrected chi connectivity index (χ2v) is 6.98. The van der Waals surface area contributed by atoms with Gasteiger partial charge in [0, 0.05) is 12.1 Å². The van der Waals surface area contributed by atoms with Gasteiger partial charge in [-0.05, 0) is 73.1 Å². The van der Waals surface area contributed by atoms with Gasteiger partial charge in [0.15, 0.2) is 0 Å². The molecule has 0 amide bonds. The van der Waals surface area contributed by atoms with Crippen molar-refractivity contribution in [2.24, 2.45) is 5.92 Å². The molecule has 4 heteroatoms. The highest BCUT2D eigenvalue weighted by Crippen LogP contribution is 2.34. The molecular formula is C16H24BrN3. The topological polar surface area (TPSA) is 37.0 Å². The minimum atomic E-state index is 0.604. The van der Waals surface area contributed by atoms with E-state index in [9.17, 15) is 0 Å². The molecule has 20 heavy (non-hydrogen) atoms. The van der Waals surface area contributed by atoms with Gasteiger partial charge in [0.2, 0.25) is 0 Å². The SMILES string of the molecule is Cc1nc(Br)ccc1NC1CCCC1C1CCCCN1. The van der Waals surface area contributed by atoms with Crippen molar-refractivity contribution in [1.29, 1.82) is 0 Å². The van der Waals surface area contributed by atoms with E-state index in [2.05, 4.69) is 44.5 Å². The maximum absolute atomic E-state index is 4.49. The summed E-state index contributed by atoms with van der Waals surface area (Å²) in [7, 11) is 0. The summed E-state index contributed by atoms with van der Waals surface area (Å²) in [6, 6.07) is 5.49. The van der Waals surface area contributed by atoms with Gasteiger partial charge in [-0.1, -0.05) is 12.8 Å². The van der Waals surface area contributed by atoms with Crippen LogP contribution in [0.25, 0.3) is 0 Å². The molecule has 1 saturated carbocycles. The van der Waals surface area contributed by atoms with E-state index in [-0.39, 0.29) is 0 Å². The van der Waals surface area contributed by atoms with Crippen LogP contribution in [0.15, 0.2) is 16.7 Å². The van der Waals surface area contributed by atoms with Crippen LogP contribution < -0.4 is 10.6 Å². The molecule has 1 aromatic heterocycles. The summed E-state index contributed by atoms with van der Waals surface area (Å²) >= 11 is 3.43. The summed E-state index contributed by atoms with van der Waals surface area (Å²) in [4.78, 5) is 4.49. The molecule has 0 bridgehead atoms. The Bertz CT molecular complexity index is 457. The summed E-state index contributed by atoms with van der Waals surface area (Å²) in [6.07, 6.45) is 8.08. The molecule has 3 rings (SSSR count). The third-order valence-electron chi connectivity index (χ3n) is 4.83. The Labute approximate surface area is 130 Å². The summed E-state index contributed by atoms with van der Waals surface area (Å²) in [5.41, 5.74) is 2.28. The second-order valence-electron chi connectivity index (χ2n) is 6.17. The Balaban J connectivity index is 1.68. The normalized spacial score (nSPS) is 30.4. The highest BCUT2D eigenvalue weighted by atomic mass is 79.9. The number of hydrogen-bond donors (Lipinski definition) is 2.